The number of rotatable bonds is 7. The zero-order chi connectivity index (χ0) is 17.6. The Morgan fingerprint density at radius 2 is 1.80 bits per heavy atom. The standard InChI is InChI=1S/C21H22ClNO2/c1-3-24-20-12-15(13-23-2)11-19(22)21(20)25-14-17-9-6-8-16-7-4-5-10-18(16)17/h4-12,23H,3,13-14H2,1-2H3. The summed E-state index contributed by atoms with van der Waals surface area (Å²) in [4.78, 5) is 0. The van der Waals surface area contributed by atoms with E-state index in [1.165, 1.54) is 10.8 Å². The maximum Gasteiger partial charge on any atom is 0.180 e. The number of hydrogen-bond donors (Lipinski definition) is 1. The molecule has 0 bridgehead atoms. The number of ether oxygens (including phenoxy) is 2. The summed E-state index contributed by atoms with van der Waals surface area (Å²) in [6.45, 7) is 3.67. The third-order valence-corrected chi connectivity index (χ3v) is 4.28. The van der Waals surface area contributed by atoms with Crippen LogP contribution in [0.3, 0.4) is 0 Å². The summed E-state index contributed by atoms with van der Waals surface area (Å²) in [6.07, 6.45) is 0. The summed E-state index contributed by atoms with van der Waals surface area (Å²) in [5.41, 5.74) is 2.18. The number of halogens is 1. The van der Waals surface area contributed by atoms with E-state index in [0.717, 1.165) is 17.7 Å². The molecule has 0 aliphatic carbocycles. The van der Waals surface area contributed by atoms with Crippen molar-refractivity contribution in [1.29, 1.82) is 0 Å². The average molecular weight is 356 g/mol. The van der Waals surface area contributed by atoms with E-state index in [1.807, 2.05) is 44.3 Å². The summed E-state index contributed by atoms with van der Waals surface area (Å²) < 4.78 is 11.8. The van der Waals surface area contributed by atoms with Gasteiger partial charge in [0.1, 0.15) is 6.61 Å². The molecule has 0 spiro atoms. The van der Waals surface area contributed by atoms with Crippen molar-refractivity contribution in [1.82, 2.24) is 5.32 Å². The first-order valence-electron chi connectivity index (χ1n) is 8.42. The Morgan fingerprint density at radius 1 is 1.00 bits per heavy atom. The lowest BCUT2D eigenvalue weighted by Gasteiger charge is -2.16. The SMILES string of the molecule is CCOc1cc(CNC)cc(Cl)c1OCc1cccc2ccccc12. The van der Waals surface area contributed by atoms with E-state index in [-0.39, 0.29) is 0 Å². The van der Waals surface area contributed by atoms with E-state index < -0.39 is 0 Å². The minimum atomic E-state index is 0.437. The quantitative estimate of drug-likeness (QED) is 0.632. The average Bonchev–Trinajstić information content (AvgIpc) is 2.61. The first-order valence-corrected chi connectivity index (χ1v) is 8.80. The molecule has 0 atom stereocenters. The molecule has 0 aliphatic rings. The van der Waals surface area contributed by atoms with Gasteiger partial charge in [-0.25, -0.2) is 0 Å². The molecule has 130 valence electrons. The highest BCUT2D eigenvalue weighted by Crippen LogP contribution is 2.37. The van der Waals surface area contributed by atoms with Gasteiger partial charge in [-0.15, -0.1) is 0 Å². The minimum Gasteiger partial charge on any atom is -0.490 e. The van der Waals surface area contributed by atoms with Crippen LogP contribution in [0.5, 0.6) is 11.5 Å². The van der Waals surface area contributed by atoms with Crippen LogP contribution in [0.4, 0.5) is 0 Å². The summed E-state index contributed by atoms with van der Waals surface area (Å²) in [6, 6.07) is 18.4. The molecule has 3 rings (SSSR count). The van der Waals surface area contributed by atoms with Crippen LogP contribution in [0.2, 0.25) is 5.02 Å². The Morgan fingerprint density at radius 3 is 2.60 bits per heavy atom. The molecular formula is C21H22ClNO2. The lowest BCUT2D eigenvalue weighted by Crippen LogP contribution is -2.07. The molecule has 0 unspecified atom stereocenters. The van der Waals surface area contributed by atoms with Crippen molar-refractivity contribution >= 4 is 22.4 Å². The van der Waals surface area contributed by atoms with Gasteiger partial charge in [-0.1, -0.05) is 54.1 Å². The molecule has 0 amide bonds. The first kappa shape index (κ1) is 17.6. The predicted molar refractivity (Wildman–Crippen MR) is 104 cm³/mol. The molecule has 0 radical (unpaired) electrons. The topological polar surface area (TPSA) is 30.5 Å². The monoisotopic (exact) mass is 355 g/mol. The van der Waals surface area contributed by atoms with Crippen molar-refractivity contribution in [2.45, 2.75) is 20.1 Å². The van der Waals surface area contributed by atoms with Crippen LogP contribution in [-0.4, -0.2) is 13.7 Å². The molecule has 0 heterocycles. The second-order valence-electron chi connectivity index (χ2n) is 5.80. The molecule has 3 aromatic rings. The smallest absolute Gasteiger partial charge is 0.180 e. The molecular weight excluding hydrogens is 334 g/mol. The van der Waals surface area contributed by atoms with Gasteiger partial charge in [0.05, 0.1) is 11.6 Å². The van der Waals surface area contributed by atoms with Crippen molar-refractivity contribution in [3.63, 3.8) is 0 Å². The van der Waals surface area contributed by atoms with E-state index in [0.29, 0.717) is 29.7 Å². The molecule has 0 aliphatic heterocycles. The summed E-state index contributed by atoms with van der Waals surface area (Å²) >= 11 is 6.46. The van der Waals surface area contributed by atoms with Gasteiger partial charge in [0.25, 0.3) is 0 Å². The van der Waals surface area contributed by atoms with Gasteiger partial charge in [-0.3, -0.25) is 0 Å². The van der Waals surface area contributed by atoms with E-state index in [9.17, 15) is 0 Å². The first-order chi connectivity index (χ1) is 12.2. The van der Waals surface area contributed by atoms with Crippen molar-refractivity contribution in [3.05, 3.63) is 70.7 Å². The highest BCUT2D eigenvalue weighted by Gasteiger charge is 2.13. The van der Waals surface area contributed by atoms with Crippen LogP contribution in [0.25, 0.3) is 10.8 Å². The zero-order valence-corrected chi connectivity index (χ0v) is 15.3. The van der Waals surface area contributed by atoms with Crippen LogP contribution in [-0.2, 0) is 13.2 Å². The van der Waals surface area contributed by atoms with Gasteiger partial charge in [0.15, 0.2) is 11.5 Å². The molecule has 3 nitrogen and oxygen atoms in total. The fourth-order valence-electron chi connectivity index (χ4n) is 2.90. The lowest BCUT2D eigenvalue weighted by atomic mass is 10.1. The van der Waals surface area contributed by atoms with Gasteiger partial charge in [-0.05, 0) is 48.0 Å². The fraction of sp³-hybridized carbons (Fsp3) is 0.238. The fourth-order valence-corrected chi connectivity index (χ4v) is 3.19. The van der Waals surface area contributed by atoms with Gasteiger partial charge in [-0.2, -0.15) is 0 Å². The summed E-state index contributed by atoms with van der Waals surface area (Å²) in [7, 11) is 1.90. The summed E-state index contributed by atoms with van der Waals surface area (Å²) in [5, 5.41) is 6.07. The van der Waals surface area contributed by atoms with Crippen LogP contribution < -0.4 is 14.8 Å². The molecule has 25 heavy (non-hydrogen) atoms. The molecule has 3 aromatic carbocycles. The number of fused-ring (bicyclic) bond motifs is 1. The molecule has 1 N–H and O–H groups in total. The van der Waals surface area contributed by atoms with Crippen molar-refractivity contribution in [2.24, 2.45) is 0 Å². The van der Waals surface area contributed by atoms with Crippen LogP contribution in [0.1, 0.15) is 18.1 Å². The van der Waals surface area contributed by atoms with Gasteiger partial charge in [0, 0.05) is 6.54 Å². The van der Waals surface area contributed by atoms with Gasteiger partial charge < -0.3 is 14.8 Å². The lowest BCUT2D eigenvalue weighted by molar-refractivity contribution is 0.270. The van der Waals surface area contributed by atoms with Crippen LogP contribution >= 0.6 is 11.6 Å². The summed E-state index contributed by atoms with van der Waals surface area (Å²) in [5.74, 6) is 1.27. The van der Waals surface area contributed by atoms with Crippen molar-refractivity contribution in [2.75, 3.05) is 13.7 Å². The molecule has 0 saturated carbocycles. The molecule has 0 fully saturated rings. The Kier molecular flexibility index (Phi) is 5.79. The number of nitrogens with one attached hydrogen (secondary N) is 1. The second kappa shape index (κ2) is 8.24. The Labute approximate surface area is 153 Å². The van der Waals surface area contributed by atoms with Crippen LogP contribution in [0, 0.1) is 0 Å². The van der Waals surface area contributed by atoms with Gasteiger partial charge in [0.2, 0.25) is 0 Å². The van der Waals surface area contributed by atoms with Gasteiger partial charge >= 0.3 is 0 Å². The third-order valence-electron chi connectivity index (χ3n) is 4.00. The van der Waals surface area contributed by atoms with E-state index in [4.69, 9.17) is 21.1 Å². The predicted octanol–water partition coefficient (Wildman–Crippen LogP) is 5.19. The minimum absolute atomic E-state index is 0.437. The second-order valence-corrected chi connectivity index (χ2v) is 6.20. The highest BCUT2D eigenvalue weighted by molar-refractivity contribution is 6.32. The zero-order valence-electron chi connectivity index (χ0n) is 14.5. The normalized spacial score (nSPS) is 10.8. The highest BCUT2D eigenvalue weighted by atomic mass is 35.5. The van der Waals surface area contributed by atoms with Crippen LogP contribution in [0.15, 0.2) is 54.6 Å². The number of hydrogen-bond acceptors (Lipinski definition) is 3. The van der Waals surface area contributed by atoms with E-state index >= 15 is 0 Å². The Bertz CT molecular complexity index is 858. The van der Waals surface area contributed by atoms with E-state index in [1.54, 1.807) is 0 Å². The molecule has 4 heteroatoms. The maximum atomic E-state index is 6.46. The largest absolute Gasteiger partial charge is 0.490 e. The van der Waals surface area contributed by atoms with Crippen molar-refractivity contribution < 1.29 is 9.47 Å². The Hall–Kier alpha value is -2.23. The Balaban J connectivity index is 1.89. The third kappa shape index (κ3) is 4.06. The maximum absolute atomic E-state index is 6.46. The molecule has 0 saturated heterocycles. The van der Waals surface area contributed by atoms with Crippen molar-refractivity contribution in [3.8, 4) is 11.5 Å². The van der Waals surface area contributed by atoms with E-state index in [2.05, 4.69) is 29.6 Å². The number of benzene rings is 3. The molecule has 0 aromatic heterocycles.